The van der Waals surface area contributed by atoms with E-state index in [4.69, 9.17) is 4.74 Å². The Morgan fingerprint density at radius 2 is 1.64 bits per heavy atom. The Balaban J connectivity index is 2.90. The van der Waals surface area contributed by atoms with E-state index in [1.165, 1.54) is 13.2 Å². The van der Waals surface area contributed by atoms with Crippen molar-refractivity contribution in [3.63, 3.8) is 0 Å². The zero-order valence-corrected chi connectivity index (χ0v) is 7.69. The highest BCUT2D eigenvalue weighted by Crippen LogP contribution is 2.39. The number of aromatic hydroxyl groups is 2. The van der Waals surface area contributed by atoms with Gasteiger partial charge in [-0.2, -0.15) is 0 Å². The second-order valence-electron chi connectivity index (χ2n) is 2.99. The SMILES string of the molecule is COc1c(O)cc(O)c2ccccc12. The summed E-state index contributed by atoms with van der Waals surface area (Å²) in [6, 6.07) is 8.48. The van der Waals surface area contributed by atoms with Crippen LogP contribution in [0.15, 0.2) is 30.3 Å². The molecule has 3 nitrogen and oxygen atoms in total. The fraction of sp³-hybridized carbons (Fsp3) is 0.0909. The maximum Gasteiger partial charge on any atom is 0.168 e. The molecule has 0 aliphatic heterocycles. The maximum absolute atomic E-state index is 9.56. The zero-order chi connectivity index (χ0) is 10.1. The molecule has 3 heteroatoms. The monoisotopic (exact) mass is 190 g/mol. The first-order chi connectivity index (χ1) is 6.74. The van der Waals surface area contributed by atoms with E-state index in [0.717, 1.165) is 0 Å². The maximum atomic E-state index is 9.56. The molecule has 0 unspecified atom stereocenters. The highest BCUT2D eigenvalue weighted by atomic mass is 16.5. The van der Waals surface area contributed by atoms with Gasteiger partial charge in [-0.3, -0.25) is 0 Å². The van der Waals surface area contributed by atoms with E-state index < -0.39 is 0 Å². The standard InChI is InChI=1S/C11H10O3/c1-14-11-8-5-3-2-4-7(8)9(12)6-10(11)13/h2-6,12-13H,1H3. The minimum absolute atomic E-state index is 0.0521. The van der Waals surface area contributed by atoms with Gasteiger partial charge in [-0.05, 0) is 0 Å². The molecule has 0 aliphatic carbocycles. The van der Waals surface area contributed by atoms with Crippen molar-refractivity contribution in [2.45, 2.75) is 0 Å². The molecular formula is C11H10O3. The quantitative estimate of drug-likeness (QED) is 0.725. The average molecular weight is 190 g/mol. The summed E-state index contributed by atoms with van der Waals surface area (Å²) in [5.41, 5.74) is 0. The first-order valence-corrected chi connectivity index (χ1v) is 4.21. The van der Waals surface area contributed by atoms with E-state index in [1.54, 1.807) is 12.1 Å². The molecule has 0 aliphatic rings. The van der Waals surface area contributed by atoms with Crippen LogP contribution in [0.4, 0.5) is 0 Å². The number of phenols is 2. The molecule has 14 heavy (non-hydrogen) atoms. The van der Waals surface area contributed by atoms with Gasteiger partial charge in [0.1, 0.15) is 5.75 Å². The number of rotatable bonds is 1. The summed E-state index contributed by atoms with van der Waals surface area (Å²) < 4.78 is 5.05. The number of benzene rings is 2. The largest absolute Gasteiger partial charge is 0.507 e. The lowest BCUT2D eigenvalue weighted by Crippen LogP contribution is -1.86. The Morgan fingerprint density at radius 1 is 1.00 bits per heavy atom. The van der Waals surface area contributed by atoms with Gasteiger partial charge in [0.2, 0.25) is 0 Å². The fourth-order valence-electron chi connectivity index (χ4n) is 1.53. The molecule has 0 bridgehead atoms. The van der Waals surface area contributed by atoms with Crippen LogP contribution in [0.1, 0.15) is 0 Å². The molecule has 72 valence electrons. The topological polar surface area (TPSA) is 49.7 Å². The molecule has 0 amide bonds. The molecule has 0 radical (unpaired) electrons. The number of ether oxygens (including phenoxy) is 1. The van der Waals surface area contributed by atoms with Gasteiger partial charge < -0.3 is 14.9 Å². The summed E-state index contributed by atoms with van der Waals surface area (Å²) >= 11 is 0. The van der Waals surface area contributed by atoms with Gasteiger partial charge >= 0.3 is 0 Å². The molecule has 0 atom stereocenters. The van der Waals surface area contributed by atoms with E-state index in [2.05, 4.69) is 0 Å². The third-order valence-corrected chi connectivity index (χ3v) is 2.16. The highest BCUT2D eigenvalue weighted by molar-refractivity contribution is 5.95. The van der Waals surface area contributed by atoms with E-state index in [0.29, 0.717) is 16.5 Å². The third kappa shape index (κ3) is 1.14. The van der Waals surface area contributed by atoms with Gasteiger partial charge in [-0.15, -0.1) is 0 Å². The van der Waals surface area contributed by atoms with Gasteiger partial charge in [-0.25, -0.2) is 0 Å². The summed E-state index contributed by atoms with van der Waals surface area (Å²) in [6.45, 7) is 0. The van der Waals surface area contributed by atoms with E-state index in [9.17, 15) is 10.2 Å². The normalized spacial score (nSPS) is 10.4. The van der Waals surface area contributed by atoms with Crippen LogP contribution >= 0.6 is 0 Å². The van der Waals surface area contributed by atoms with Crippen molar-refractivity contribution in [2.75, 3.05) is 7.11 Å². The first kappa shape index (κ1) is 8.69. The van der Waals surface area contributed by atoms with Crippen molar-refractivity contribution in [1.82, 2.24) is 0 Å². The Labute approximate surface area is 81.2 Å². The molecule has 2 N–H and O–H groups in total. The molecule has 0 heterocycles. The molecule has 2 aromatic rings. The van der Waals surface area contributed by atoms with E-state index >= 15 is 0 Å². The van der Waals surface area contributed by atoms with E-state index in [1.807, 2.05) is 12.1 Å². The van der Waals surface area contributed by atoms with Crippen LogP contribution in [0, 0.1) is 0 Å². The minimum Gasteiger partial charge on any atom is -0.507 e. The summed E-state index contributed by atoms with van der Waals surface area (Å²) in [4.78, 5) is 0. The average Bonchev–Trinajstić information content (AvgIpc) is 2.18. The Morgan fingerprint density at radius 3 is 2.29 bits per heavy atom. The third-order valence-electron chi connectivity index (χ3n) is 2.16. The van der Waals surface area contributed by atoms with Gasteiger partial charge in [0.05, 0.1) is 7.11 Å². The summed E-state index contributed by atoms with van der Waals surface area (Å²) in [6.07, 6.45) is 0. The van der Waals surface area contributed by atoms with Crippen molar-refractivity contribution in [1.29, 1.82) is 0 Å². The molecule has 0 saturated heterocycles. The minimum atomic E-state index is -0.0521. The lowest BCUT2D eigenvalue weighted by molar-refractivity contribution is 0.375. The van der Waals surface area contributed by atoms with Crippen LogP contribution in [0.25, 0.3) is 10.8 Å². The van der Waals surface area contributed by atoms with Crippen LogP contribution in [0.3, 0.4) is 0 Å². The Hall–Kier alpha value is -1.90. The summed E-state index contributed by atoms with van der Waals surface area (Å²) in [5.74, 6) is 0.390. The van der Waals surface area contributed by atoms with E-state index in [-0.39, 0.29) is 11.5 Å². The van der Waals surface area contributed by atoms with Gasteiger partial charge in [-0.1, -0.05) is 24.3 Å². The van der Waals surface area contributed by atoms with Gasteiger partial charge in [0.25, 0.3) is 0 Å². The van der Waals surface area contributed by atoms with Crippen molar-refractivity contribution in [2.24, 2.45) is 0 Å². The van der Waals surface area contributed by atoms with Crippen molar-refractivity contribution >= 4 is 10.8 Å². The van der Waals surface area contributed by atoms with Crippen molar-refractivity contribution < 1.29 is 14.9 Å². The van der Waals surface area contributed by atoms with Crippen LogP contribution < -0.4 is 4.74 Å². The number of methoxy groups -OCH3 is 1. The predicted octanol–water partition coefficient (Wildman–Crippen LogP) is 2.26. The molecule has 2 aromatic carbocycles. The number of phenolic OH excluding ortho intramolecular Hbond substituents is 2. The Kier molecular flexibility index (Phi) is 1.93. The van der Waals surface area contributed by atoms with Crippen molar-refractivity contribution in [3.05, 3.63) is 30.3 Å². The van der Waals surface area contributed by atoms with Gasteiger partial charge in [0, 0.05) is 16.8 Å². The molecule has 0 aromatic heterocycles. The smallest absolute Gasteiger partial charge is 0.168 e. The molecular weight excluding hydrogens is 180 g/mol. The van der Waals surface area contributed by atoms with Gasteiger partial charge in [0.15, 0.2) is 11.5 Å². The van der Waals surface area contributed by atoms with Crippen LogP contribution in [-0.4, -0.2) is 17.3 Å². The summed E-state index contributed by atoms with van der Waals surface area (Å²) in [5, 5.41) is 20.4. The predicted molar refractivity (Wildman–Crippen MR) is 53.8 cm³/mol. The number of hydrogen-bond acceptors (Lipinski definition) is 3. The lowest BCUT2D eigenvalue weighted by Gasteiger charge is -2.08. The molecule has 2 rings (SSSR count). The number of hydrogen-bond donors (Lipinski definition) is 2. The first-order valence-electron chi connectivity index (χ1n) is 4.21. The molecule has 0 fully saturated rings. The highest BCUT2D eigenvalue weighted by Gasteiger charge is 2.10. The molecule has 0 saturated carbocycles. The summed E-state index contributed by atoms with van der Waals surface area (Å²) in [7, 11) is 1.48. The Bertz CT molecular complexity index is 477. The van der Waals surface area contributed by atoms with Crippen LogP contribution in [0.5, 0.6) is 17.2 Å². The second kappa shape index (κ2) is 3.10. The van der Waals surface area contributed by atoms with Crippen molar-refractivity contribution in [3.8, 4) is 17.2 Å². The number of fused-ring (bicyclic) bond motifs is 1. The van der Waals surface area contributed by atoms with Crippen LogP contribution in [0.2, 0.25) is 0 Å². The second-order valence-corrected chi connectivity index (χ2v) is 2.99. The lowest BCUT2D eigenvalue weighted by atomic mass is 10.1. The molecule has 0 spiro atoms. The zero-order valence-electron chi connectivity index (χ0n) is 7.69. The van der Waals surface area contributed by atoms with Crippen LogP contribution in [-0.2, 0) is 0 Å². The fourth-order valence-corrected chi connectivity index (χ4v) is 1.53.